The third-order valence-electron chi connectivity index (χ3n) is 5.24. The van der Waals surface area contributed by atoms with Crippen molar-refractivity contribution in [1.29, 1.82) is 0 Å². The number of rotatable bonds is 8. The molecule has 34 heavy (non-hydrogen) atoms. The van der Waals surface area contributed by atoms with E-state index >= 15 is 0 Å². The van der Waals surface area contributed by atoms with E-state index in [0.717, 1.165) is 11.3 Å². The predicted molar refractivity (Wildman–Crippen MR) is 133 cm³/mol. The second kappa shape index (κ2) is 10.9. The van der Waals surface area contributed by atoms with Gasteiger partial charge in [-0.3, -0.25) is 14.6 Å². The second-order valence-corrected chi connectivity index (χ2v) is 7.62. The van der Waals surface area contributed by atoms with Gasteiger partial charge < -0.3 is 15.0 Å². The Morgan fingerprint density at radius 2 is 1.59 bits per heavy atom. The summed E-state index contributed by atoms with van der Waals surface area (Å²) in [5.74, 6) is 1.05. The minimum Gasteiger partial charge on any atom is -0.456 e. The first kappa shape index (κ1) is 22.7. The molecule has 1 N–H and O–H groups in total. The van der Waals surface area contributed by atoms with E-state index in [1.165, 1.54) is 0 Å². The summed E-state index contributed by atoms with van der Waals surface area (Å²) in [5.41, 5.74) is 2.94. The molecule has 6 heteroatoms. The van der Waals surface area contributed by atoms with Gasteiger partial charge in [0.05, 0.1) is 12.6 Å². The quantitative estimate of drug-likeness (QED) is 0.372. The Kier molecular flexibility index (Phi) is 7.30. The molecule has 6 nitrogen and oxygen atoms in total. The Morgan fingerprint density at radius 1 is 0.853 bits per heavy atom. The van der Waals surface area contributed by atoms with Gasteiger partial charge in [-0.05, 0) is 73.2 Å². The number of para-hydroxylation sites is 1. The molecule has 0 saturated carbocycles. The number of ether oxygens (including phenoxy) is 1. The van der Waals surface area contributed by atoms with Crippen molar-refractivity contribution in [2.24, 2.45) is 0 Å². The van der Waals surface area contributed by atoms with Crippen molar-refractivity contribution in [3.8, 4) is 11.5 Å². The molecular formula is C28H25N3O3. The zero-order valence-corrected chi connectivity index (χ0v) is 18.8. The summed E-state index contributed by atoms with van der Waals surface area (Å²) in [6, 6.07) is 27.4. The summed E-state index contributed by atoms with van der Waals surface area (Å²) in [4.78, 5) is 31.2. The van der Waals surface area contributed by atoms with Crippen molar-refractivity contribution in [3.63, 3.8) is 0 Å². The Hall–Kier alpha value is -4.45. The molecule has 0 aliphatic rings. The minimum absolute atomic E-state index is 0.0269. The van der Waals surface area contributed by atoms with E-state index in [-0.39, 0.29) is 18.2 Å². The van der Waals surface area contributed by atoms with Crippen molar-refractivity contribution in [3.05, 3.63) is 115 Å². The third kappa shape index (κ3) is 5.86. The highest BCUT2D eigenvalue weighted by atomic mass is 16.5. The number of hydrogen-bond acceptors (Lipinski definition) is 4. The molecular weight excluding hydrogens is 426 g/mol. The fraction of sp³-hybridized carbons (Fsp3) is 0.107. The maximum absolute atomic E-state index is 12.8. The summed E-state index contributed by atoms with van der Waals surface area (Å²) >= 11 is 0. The zero-order chi connectivity index (χ0) is 23.8. The van der Waals surface area contributed by atoms with Crippen molar-refractivity contribution in [1.82, 2.24) is 4.98 Å². The predicted octanol–water partition coefficient (Wildman–Crippen LogP) is 5.72. The molecule has 2 amide bonds. The van der Waals surface area contributed by atoms with E-state index in [9.17, 15) is 9.59 Å². The lowest BCUT2D eigenvalue weighted by atomic mass is 10.1. The number of aromatic nitrogens is 1. The molecule has 0 fully saturated rings. The molecule has 0 radical (unpaired) electrons. The highest BCUT2D eigenvalue weighted by molar-refractivity contribution is 6.04. The topological polar surface area (TPSA) is 71.5 Å². The summed E-state index contributed by atoms with van der Waals surface area (Å²) < 4.78 is 5.70. The third-order valence-corrected chi connectivity index (χ3v) is 5.24. The first-order chi connectivity index (χ1) is 16.6. The summed E-state index contributed by atoms with van der Waals surface area (Å²) in [6.07, 6.45) is 3.59. The summed E-state index contributed by atoms with van der Waals surface area (Å²) in [7, 11) is 0. The standard InChI is InChI=1S/C28H25N3O3/c1-2-31(24-7-4-3-5-8-24)27(32)19-21-10-14-23(15-11-21)30-28(33)22-12-16-25(17-13-22)34-26-9-6-18-29-20-26/h3-18,20H,2,19H2,1H3,(H,30,33). The molecule has 4 aromatic rings. The van der Waals surface area contributed by atoms with Crippen LogP contribution >= 0.6 is 0 Å². The van der Waals surface area contributed by atoms with Crippen LogP contribution in [0.25, 0.3) is 0 Å². The van der Waals surface area contributed by atoms with Gasteiger partial charge in [-0.1, -0.05) is 30.3 Å². The van der Waals surface area contributed by atoms with Crippen LogP contribution in [0.2, 0.25) is 0 Å². The van der Waals surface area contributed by atoms with E-state index in [2.05, 4.69) is 10.3 Å². The highest BCUT2D eigenvalue weighted by Crippen LogP contribution is 2.21. The molecule has 170 valence electrons. The van der Waals surface area contributed by atoms with Crippen LogP contribution in [0.5, 0.6) is 11.5 Å². The molecule has 0 unspecified atom stereocenters. The molecule has 0 atom stereocenters. The first-order valence-corrected chi connectivity index (χ1v) is 11.1. The Morgan fingerprint density at radius 3 is 2.24 bits per heavy atom. The Balaban J connectivity index is 1.34. The monoisotopic (exact) mass is 451 g/mol. The van der Waals surface area contributed by atoms with E-state index in [1.54, 1.807) is 59.8 Å². The number of carbonyl (C=O) groups is 2. The Labute approximate surface area is 198 Å². The summed E-state index contributed by atoms with van der Waals surface area (Å²) in [6.45, 7) is 2.56. The molecule has 3 aromatic carbocycles. The van der Waals surface area contributed by atoms with Crippen LogP contribution < -0.4 is 15.0 Å². The smallest absolute Gasteiger partial charge is 0.255 e. The highest BCUT2D eigenvalue weighted by Gasteiger charge is 2.14. The van der Waals surface area contributed by atoms with Gasteiger partial charge in [0, 0.05) is 29.7 Å². The van der Waals surface area contributed by atoms with Crippen molar-refractivity contribution >= 4 is 23.2 Å². The number of likely N-dealkylation sites (N-methyl/N-ethyl adjacent to an activating group) is 1. The average molecular weight is 452 g/mol. The lowest BCUT2D eigenvalue weighted by Gasteiger charge is -2.21. The van der Waals surface area contributed by atoms with Gasteiger partial charge in [-0.25, -0.2) is 0 Å². The number of anilines is 2. The van der Waals surface area contributed by atoms with Gasteiger partial charge in [0.15, 0.2) is 0 Å². The van der Waals surface area contributed by atoms with Gasteiger partial charge in [0.25, 0.3) is 5.91 Å². The molecule has 0 spiro atoms. The minimum atomic E-state index is -0.224. The molecule has 0 aliphatic heterocycles. The van der Waals surface area contributed by atoms with E-state index in [0.29, 0.717) is 29.3 Å². The number of benzene rings is 3. The second-order valence-electron chi connectivity index (χ2n) is 7.62. The van der Waals surface area contributed by atoms with Crippen LogP contribution in [-0.4, -0.2) is 23.3 Å². The number of pyridine rings is 1. The van der Waals surface area contributed by atoms with Gasteiger partial charge >= 0.3 is 0 Å². The Bertz CT molecular complexity index is 1230. The zero-order valence-electron chi connectivity index (χ0n) is 18.8. The van der Waals surface area contributed by atoms with Crippen LogP contribution in [0.1, 0.15) is 22.8 Å². The van der Waals surface area contributed by atoms with Gasteiger partial charge in [-0.2, -0.15) is 0 Å². The van der Waals surface area contributed by atoms with Crippen LogP contribution in [0.4, 0.5) is 11.4 Å². The largest absolute Gasteiger partial charge is 0.456 e. The lowest BCUT2D eigenvalue weighted by Crippen LogP contribution is -2.31. The van der Waals surface area contributed by atoms with E-state index in [1.807, 2.05) is 55.5 Å². The number of nitrogens with zero attached hydrogens (tertiary/aromatic N) is 2. The molecule has 1 heterocycles. The number of nitrogens with one attached hydrogen (secondary N) is 1. The van der Waals surface area contributed by atoms with Gasteiger partial charge in [0.1, 0.15) is 11.5 Å². The van der Waals surface area contributed by atoms with Crippen LogP contribution in [-0.2, 0) is 11.2 Å². The number of amides is 2. The SMILES string of the molecule is CCN(C(=O)Cc1ccc(NC(=O)c2ccc(Oc3cccnc3)cc2)cc1)c1ccccc1. The molecule has 1 aromatic heterocycles. The molecule has 4 rings (SSSR count). The van der Waals surface area contributed by atoms with Crippen LogP contribution in [0, 0.1) is 0 Å². The van der Waals surface area contributed by atoms with Gasteiger partial charge in [-0.15, -0.1) is 0 Å². The lowest BCUT2D eigenvalue weighted by molar-refractivity contribution is -0.117. The maximum Gasteiger partial charge on any atom is 0.255 e. The number of carbonyl (C=O) groups excluding carboxylic acids is 2. The molecule has 0 aliphatic carbocycles. The maximum atomic E-state index is 12.8. The molecule has 0 bridgehead atoms. The fourth-order valence-corrected chi connectivity index (χ4v) is 3.51. The average Bonchev–Trinajstić information content (AvgIpc) is 2.87. The van der Waals surface area contributed by atoms with Gasteiger partial charge in [0.2, 0.25) is 5.91 Å². The normalized spacial score (nSPS) is 10.4. The van der Waals surface area contributed by atoms with Crippen molar-refractivity contribution in [2.45, 2.75) is 13.3 Å². The van der Waals surface area contributed by atoms with Crippen LogP contribution in [0.15, 0.2) is 103 Å². The number of hydrogen-bond donors (Lipinski definition) is 1. The fourth-order valence-electron chi connectivity index (χ4n) is 3.51. The molecule has 0 saturated heterocycles. The van der Waals surface area contributed by atoms with E-state index < -0.39 is 0 Å². The van der Waals surface area contributed by atoms with Crippen molar-refractivity contribution < 1.29 is 14.3 Å². The summed E-state index contributed by atoms with van der Waals surface area (Å²) in [5, 5.41) is 2.88. The van der Waals surface area contributed by atoms with E-state index in [4.69, 9.17) is 4.74 Å². The van der Waals surface area contributed by atoms with Crippen LogP contribution in [0.3, 0.4) is 0 Å². The van der Waals surface area contributed by atoms with Crippen molar-refractivity contribution in [2.75, 3.05) is 16.8 Å². The first-order valence-electron chi connectivity index (χ1n) is 11.1.